The number of nitrogens with zero attached hydrogens (tertiary/aromatic N) is 1. The second-order valence-electron chi connectivity index (χ2n) is 9.38. The van der Waals surface area contributed by atoms with E-state index >= 15 is 0 Å². The molecule has 0 atom stereocenters. The van der Waals surface area contributed by atoms with E-state index in [0.29, 0.717) is 12.2 Å². The molecule has 30 heavy (non-hydrogen) atoms. The third-order valence-corrected chi connectivity index (χ3v) is 6.53. The van der Waals surface area contributed by atoms with Crippen LogP contribution in [0.3, 0.4) is 0 Å². The number of carbonyl (C=O) groups excluding carboxylic acids is 1. The van der Waals surface area contributed by atoms with Crippen molar-refractivity contribution in [1.82, 2.24) is 0 Å². The summed E-state index contributed by atoms with van der Waals surface area (Å²) in [6.45, 7) is 3.36. The van der Waals surface area contributed by atoms with Gasteiger partial charge in [0.2, 0.25) is 0 Å². The molecule has 1 saturated carbocycles. The quantitative estimate of drug-likeness (QED) is 0.684. The van der Waals surface area contributed by atoms with Gasteiger partial charge in [-0.05, 0) is 62.9 Å². The van der Waals surface area contributed by atoms with Crippen LogP contribution < -0.4 is 10.1 Å². The number of anilines is 1. The van der Waals surface area contributed by atoms with Crippen LogP contribution in [0.1, 0.15) is 48.8 Å². The standard InChI is InChI=1S/C26H32N2O2/c1-19-9-14-25-21(15-19)16-22(18-30-25)26(29)27-23-12-10-20(11-13-23)17-28(2,3)24-7-5-4-6-8-24/h9-16,24H,4-8,17-18H2,1-3H3/p+1. The molecule has 0 aromatic heterocycles. The summed E-state index contributed by atoms with van der Waals surface area (Å²) < 4.78 is 6.79. The Kier molecular flexibility index (Phi) is 5.96. The molecule has 2 aromatic carbocycles. The van der Waals surface area contributed by atoms with Crippen LogP contribution in [0.4, 0.5) is 5.69 Å². The monoisotopic (exact) mass is 405 g/mol. The van der Waals surface area contributed by atoms with Crippen LogP contribution in [0, 0.1) is 6.92 Å². The van der Waals surface area contributed by atoms with Gasteiger partial charge in [0.15, 0.2) is 0 Å². The van der Waals surface area contributed by atoms with Crippen molar-refractivity contribution in [3.05, 3.63) is 64.7 Å². The van der Waals surface area contributed by atoms with Crippen LogP contribution >= 0.6 is 0 Å². The summed E-state index contributed by atoms with van der Waals surface area (Å²) in [6.07, 6.45) is 8.71. The summed E-state index contributed by atoms with van der Waals surface area (Å²) in [5.74, 6) is 0.730. The smallest absolute Gasteiger partial charge is 0.255 e. The van der Waals surface area contributed by atoms with E-state index in [-0.39, 0.29) is 5.91 Å². The van der Waals surface area contributed by atoms with Gasteiger partial charge in [-0.15, -0.1) is 0 Å². The Hall–Kier alpha value is -2.59. The van der Waals surface area contributed by atoms with Gasteiger partial charge in [0.1, 0.15) is 18.9 Å². The predicted octanol–water partition coefficient (Wildman–Crippen LogP) is 5.32. The molecule has 158 valence electrons. The van der Waals surface area contributed by atoms with Crippen molar-refractivity contribution in [2.45, 2.75) is 51.6 Å². The van der Waals surface area contributed by atoms with Crippen molar-refractivity contribution in [2.75, 3.05) is 26.0 Å². The summed E-state index contributed by atoms with van der Waals surface area (Å²) in [6, 6.07) is 15.1. The number of fused-ring (bicyclic) bond motifs is 1. The van der Waals surface area contributed by atoms with E-state index in [0.717, 1.165) is 39.6 Å². The van der Waals surface area contributed by atoms with Crippen LogP contribution in [0.15, 0.2) is 48.0 Å². The number of ether oxygens (including phenoxy) is 1. The fourth-order valence-electron chi connectivity index (χ4n) is 4.71. The molecule has 0 unspecified atom stereocenters. The first-order chi connectivity index (χ1) is 14.4. The number of carbonyl (C=O) groups is 1. The maximum absolute atomic E-state index is 12.7. The molecule has 1 fully saturated rings. The van der Waals surface area contributed by atoms with Gasteiger partial charge in [0.05, 0.1) is 25.7 Å². The van der Waals surface area contributed by atoms with Crippen molar-refractivity contribution < 1.29 is 14.0 Å². The lowest BCUT2D eigenvalue weighted by atomic mass is 9.92. The molecule has 0 radical (unpaired) electrons. The number of nitrogens with one attached hydrogen (secondary N) is 1. The first-order valence-electron chi connectivity index (χ1n) is 11.1. The van der Waals surface area contributed by atoms with Crippen molar-refractivity contribution in [3.63, 3.8) is 0 Å². The van der Waals surface area contributed by atoms with Crippen LogP contribution in [-0.2, 0) is 11.3 Å². The minimum absolute atomic E-state index is 0.103. The summed E-state index contributed by atoms with van der Waals surface area (Å²) in [5, 5.41) is 3.02. The summed E-state index contributed by atoms with van der Waals surface area (Å²) in [4.78, 5) is 12.7. The zero-order valence-electron chi connectivity index (χ0n) is 18.4. The molecule has 4 rings (SSSR count). The molecule has 4 nitrogen and oxygen atoms in total. The number of aryl methyl sites for hydroxylation is 1. The van der Waals surface area contributed by atoms with E-state index in [1.807, 2.05) is 43.3 Å². The molecule has 0 bridgehead atoms. The van der Waals surface area contributed by atoms with Crippen LogP contribution in [-0.4, -0.2) is 37.1 Å². The average molecular weight is 406 g/mol. The van der Waals surface area contributed by atoms with Gasteiger partial charge in [-0.1, -0.05) is 30.2 Å². The lowest BCUT2D eigenvalue weighted by Gasteiger charge is -2.40. The van der Waals surface area contributed by atoms with E-state index in [1.165, 1.54) is 37.7 Å². The Morgan fingerprint density at radius 1 is 1.07 bits per heavy atom. The van der Waals surface area contributed by atoms with Gasteiger partial charge < -0.3 is 14.5 Å². The average Bonchev–Trinajstić information content (AvgIpc) is 2.75. The van der Waals surface area contributed by atoms with Gasteiger partial charge in [0.25, 0.3) is 5.91 Å². The topological polar surface area (TPSA) is 38.3 Å². The highest BCUT2D eigenvalue weighted by Crippen LogP contribution is 2.29. The van der Waals surface area contributed by atoms with Crippen LogP contribution in [0.2, 0.25) is 0 Å². The number of rotatable bonds is 5. The summed E-state index contributed by atoms with van der Waals surface area (Å²) in [7, 11) is 4.70. The fraction of sp³-hybridized carbons (Fsp3) is 0.423. The number of amides is 1. The van der Waals surface area contributed by atoms with Crippen molar-refractivity contribution in [3.8, 4) is 5.75 Å². The Morgan fingerprint density at radius 2 is 1.80 bits per heavy atom. The zero-order chi connectivity index (χ0) is 21.1. The van der Waals surface area contributed by atoms with Crippen molar-refractivity contribution >= 4 is 17.7 Å². The van der Waals surface area contributed by atoms with Crippen LogP contribution in [0.5, 0.6) is 5.75 Å². The van der Waals surface area contributed by atoms with Gasteiger partial charge in [-0.3, -0.25) is 4.79 Å². The van der Waals surface area contributed by atoms with Gasteiger partial charge in [-0.2, -0.15) is 0 Å². The minimum atomic E-state index is -0.103. The third kappa shape index (κ3) is 4.76. The first-order valence-corrected chi connectivity index (χ1v) is 11.1. The molecule has 1 heterocycles. The van der Waals surface area contributed by atoms with E-state index in [2.05, 4.69) is 31.5 Å². The second-order valence-corrected chi connectivity index (χ2v) is 9.38. The van der Waals surface area contributed by atoms with Gasteiger partial charge in [0, 0.05) is 16.8 Å². The molecule has 4 heteroatoms. The zero-order valence-corrected chi connectivity index (χ0v) is 18.4. The number of benzene rings is 2. The number of quaternary nitrogens is 1. The predicted molar refractivity (Wildman–Crippen MR) is 122 cm³/mol. The molecular weight excluding hydrogens is 372 g/mol. The maximum Gasteiger partial charge on any atom is 0.255 e. The SMILES string of the molecule is Cc1ccc2c(c1)C=C(C(=O)Nc1ccc(C[N+](C)(C)C3CCCCC3)cc1)CO2. The Bertz CT molecular complexity index is 938. The van der Waals surface area contributed by atoms with E-state index in [4.69, 9.17) is 4.74 Å². The highest BCUT2D eigenvalue weighted by molar-refractivity contribution is 6.07. The molecule has 1 N–H and O–H groups in total. The highest BCUT2D eigenvalue weighted by Gasteiger charge is 2.29. The van der Waals surface area contributed by atoms with Gasteiger partial charge in [-0.25, -0.2) is 0 Å². The van der Waals surface area contributed by atoms with E-state index in [9.17, 15) is 4.79 Å². The van der Waals surface area contributed by atoms with Gasteiger partial charge >= 0.3 is 0 Å². The fourth-order valence-corrected chi connectivity index (χ4v) is 4.71. The Labute approximate surface area is 180 Å². The van der Waals surface area contributed by atoms with E-state index in [1.54, 1.807) is 0 Å². The molecule has 1 aliphatic heterocycles. The lowest BCUT2D eigenvalue weighted by Crippen LogP contribution is -2.48. The third-order valence-electron chi connectivity index (χ3n) is 6.53. The van der Waals surface area contributed by atoms with Crippen molar-refractivity contribution in [1.29, 1.82) is 0 Å². The lowest BCUT2D eigenvalue weighted by molar-refractivity contribution is -0.929. The van der Waals surface area contributed by atoms with E-state index < -0.39 is 0 Å². The van der Waals surface area contributed by atoms with Crippen LogP contribution in [0.25, 0.3) is 6.08 Å². The Balaban J connectivity index is 1.39. The van der Waals surface area contributed by atoms with Crippen molar-refractivity contribution in [2.24, 2.45) is 0 Å². The minimum Gasteiger partial charge on any atom is -0.488 e. The molecule has 0 spiro atoms. The highest BCUT2D eigenvalue weighted by atomic mass is 16.5. The normalized spacial score (nSPS) is 17.0. The molecular formula is C26H33N2O2+. The summed E-state index contributed by atoms with van der Waals surface area (Å²) >= 11 is 0. The maximum atomic E-state index is 12.7. The first kappa shape index (κ1) is 20.7. The number of hydrogen-bond acceptors (Lipinski definition) is 2. The Morgan fingerprint density at radius 3 is 2.53 bits per heavy atom. The molecule has 2 aliphatic rings. The molecule has 2 aromatic rings. The second kappa shape index (κ2) is 8.65. The number of hydrogen-bond donors (Lipinski definition) is 1. The molecule has 1 aliphatic carbocycles. The largest absolute Gasteiger partial charge is 0.488 e. The summed E-state index contributed by atoms with van der Waals surface area (Å²) in [5.41, 5.74) is 4.90. The molecule has 0 saturated heterocycles. The molecule has 1 amide bonds.